The summed E-state index contributed by atoms with van der Waals surface area (Å²) in [5, 5.41) is 4.60. The van der Waals surface area contributed by atoms with Crippen LogP contribution in [0.5, 0.6) is 0 Å². The fourth-order valence-corrected chi connectivity index (χ4v) is 7.02. The van der Waals surface area contributed by atoms with Crippen molar-refractivity contribution < 1.29 is 8.83 Å². The summed E-state index contributed by atoms with van der Waals surface area (Å²) in [5.41, 5.74) is 9.57. The molecule has 3 heterocycles. The third-order valence-electron chi connectivity index (χ3n) is 9.26. The number of benzene rings is 6. The minimum absolute atomic E-state index is 0.514. The second kappa shape index (κ2) is 13.0. The highest BCUT2D eigenvalue weighted by Crippen LogP contribution is 2.37. The standard InChI is InChI=1S/C46H30ClN3O2/c1-3-11-28(12-4-2)32-23-33(29-13-6-5-7-14-29)25-34(24-32)46-49-44(30-19-21-36-35-15-8-9-18-40(35)51-41(36)26-30)48-45(50-46)31-20-22-37-38-16-10-17-39(47)43(38)52-42(37)27-31/h3-27H,1H2,2H3/b12-4-,28-11+. The fourth-order valence-electron chi connectivity index (χ4n) is 6.81. The summed E-state index contributed by atoms with van der Waals surface area (Å²) in [4.78, 5) is 15.3. The maximum Gasteiger partial charge on any atom is 0.164 e. The van der Waals surface area contributed by atoms with Crippen molar-refractivity contribution in [2.45, 2.75) is 6.92 Å². The Morgan fingerprint density at radius 1 is 0.558 bits per heavy atom. The smallest absolute Gasteiger partial charge is 0.164 e. The summed E-state index contributed by atoms with van der Waals surface area (Å²) in [5.74, 6) is 1.58. The van der Waals surface area contributed by atoms with Crippen LogP contribution in [0, 0.1) is 0 Å². The van der Waals surface area contributed by atoms with E-state index in [1.165, 1.54) is 0 Å². The van der Waals surface area contributed by atoms with Gasteiger partial charge in [0, 0.05) is 38.2 Å². The number of furan rings is 2. The van der Waals surface area contributed by atoms with Crippen molar-refractivity contribution in [1.29, 1.82) is 0 Å². The molecule has 0 saturated carbocycles. The Balaban J connectivity index is 1.28. The largest absolute Gasteiger partial charge is 0.456 e. The quantitative estimate of drug-likeness (QED) is 0.156. The van der Waals surface area contributed by atoms with E-state index in [0.717, 1.165) is 71.7 Å². The monoisotopic (exact) mass is 691 g/mol. The van der Waals surface area contributed by atoms with Crippen LogP contribution in [0.3, 0.4) is 0 Å². The van der Waals surface area contributed by atoms with Crippen molar-refractivity contribution in [3.63, 3.8) is 0 Å². The van der Waals surface area contributed by atoms with Crippen LogP contribution in [0.15, 0.2) is 167 Å². The molecule has 0 amide bonds. The van der Waals surface area contributed by atoms with Crippen LogP contribution in [0.4, 0.5) is 0 Å². The third-order valence-corrected chi connectivity index (χ3v) is 9.55. The molecule has 9 rings (SSSR count). The van der Waals surface area contributed by atoms with Crippen LogP contribution in [0.1, 0.15) is 12.5 Å². The van der Waals surface area contributed by atoms with E-state index in [-0.39, 0.29) is 0 Å². The summed E-state index contributed by atoms with van der Waals surface area (Å²) in [6.45, 7) is 5.98. The van der Waals surface area contributed by atoms with E-state index >= 15 is 0 Å². The summed E-state index contributed by atoms with van der Waals surface area (Å²) in [7, 11) is 0. The number of rotatable bonds is 7. The van der Waals surface area contributed by atoms with E-state index in [4.69, 9.17) is 35.4 Å². The van der Waals surface area contributed by atoms with Gasteiger partial charge in [-0.1, -0.05) is 115 Å². The van der Waals surface area contributed by atoms with E-state index in [1.807, 2.05) is 104 Å². The predicted molar refractivity (Wildman–Crippen MR) is 214 cm³/mol. The van der Waals surface area contributed by atoms with Crippen LogP contribution in [0.2, 0.25) is 5.02 Å². The lowest BCUT2D eigenvalue weighted by molar-refractivity contribution is 0.669. The lowest BCUT2D eigenvalue weighted by Crippen LogP contribution is -2.01. The molecule has 0 spiro atoms. The molecule has 0 saturated heterocycles. The molecule has 52 heavy (non-hydrogen) atoms. The first-order valence-corrected chi connectivity index (χ1v) is 17.4. The van der Waals surface area contributed by atoms with Gasteiger partial charge >= 0.3 is 0 Å². The molecule has 0 aliphatic carbocycles. The second-order valence-electron chi connectivity index (χ2n) is 12.6. The molecular formula is C46H30ClN3O2. The van der Waals surface area contributed by atoms with Gasteiger partial charge in [-0.25, -0.2) is 15.0 Å². The van der Waals surface area contributed by atoms with E-state index in [0.29, 0.717) is 33.7 Å². The summed E-state index contributed by atoms with van der Waals surface area (Å²) >= 11 is 6.51. The Morgan fingerprint density at radius 2 is 1.17 bits per heavy atom. The van der Waals surface area contributed by atoms with Crippen molar-refractivity contribution in [1.82, 2.24) is 15.0 Å². The second-order valence-corrected chi connectivity index (χ2v) is 13.0. The molecule has 0 N–H and O–H groups in total. The highest BCUT2D eigenvalue weighted by molar-refractivity contribution is 6.35. The lowest BCUT2D eigenvalue weighted by Gasteiger charge is -2.13. The van der Waals surface area contributed by atoms with Gasteiger partial charge in [-0.3, -0.25) is 0 Å². The average molecular weight is 692 g/mol. The van der Waals surface area contributed by atoms with Crippen molar-refractivity contribution >= 4 is 61.1 Å². The average Bonchev–Trinajstić information content (AvgIpc) is 3.76. The summed E-state index contributed by atoms with van der Waals surface area (Å²) < 4.78 is 12.5. The Kier molecular flexibility index (Phi) is 7.83. The molecule has 248 valence electrons. The number of halogens is 1. The Hall–Kier alpha value is -6.56. The highest BCUT2D eigenvalue weighted by atomic mass is 35.5. The number of allylic oxidation sites excluding steroid dienone is 5. The van der Waals surface area contributed by atoms with Crippen molar-refractivity contribution in [3.8, 4) is 45.3 Å². The predicted octanol–water partition coefficient (Wildman–Crippen LogP) is 13.1. The number of aromatic nitrogens is 3. The molecule has 0 bridgehead atoms. The van der Waals surface area contributed by atoms with Crippen LogP contribution in [0.25, 0.3) is 94.7 Å². The van der Waals surface area contributed by atoms with Crippen molar-refractivity contribution in [2.75, 3.05) is 0 Å². The van der Waals surface area contributed by atoms with Crippen LogP contribution in [-0.2, 0) is 0 Å². The summed E-state index contributed by atoms with van der Waals surface area (Å²) in [6.07, 6.45) is 7.92. The number of nitrogens with zero attached hydrogens (tertiary/aromatic N) is 3. The SMILES string of the molecule is C=C/C=C(\C=C/C)c1cc(-c2ccccc2)cc(-c2nc(-c3ccc4c(c3)oc3ccccc34)nc(-c3ccc4c(c3)oc3c(Cl)cccc34)n2)c1. The first-order valence-electron chi connectivity index (χ1n) is 17.0. The lowest BCUT2D eigenvalue weighted by atomic mass is 9.95. The van der Waals surface area contributed by atoms with Gasteiger partial charge in [0.2, 0.25) is 0 Å². The van der Waals surface area contributed by atoms with Gasteiger partial charge in [0.05, 0.1) is 5.02 Å². The molecule has 0 unspecified atom stereocenters. The molecule has 9 aromatic rings. The zero-order valence-electron chi connectivity index (χ0n) is 28.2. The molecule has 5 nitrogen and oxygen atoms in total. The van der Waals surface area contributed by atoms with E-state index in [9.17, 15) is 0 Å². The molecule has 6 aromatic carbocycles. The highest BCUT2D eigenvalue weighted by Gasteiger charge is 2.18. The first-order chi connectivity index (χ1) is 25.6. The zero-order chi connectivity index (χ0) is 35.2. The van der Waals surface area contributed by atoms with Crippen LogP contribution in [-0.4, -0.2) is 15.0 Å². The molecule has 0 fully saturated rings. The van der Waals surface area contributed by atoms with Crippen molar-refractivity contribution in [3.05, 3.63) is 169 Å². The molecule has 3 aromatic heterocycles. The number of hydrogen-bond acceptors (Lipinski definition) is 5. The maximum atomic E-state index is 6.51. The summed E-state index contributed by atoms with van der Waals surface area (Å²) in [6, 6.07) is 42.7. The molecule has 0 aliphatic heterocycles. The number of fused-ring (bicyclic) bond motifs is 6. The van der Waals surface area contributed by atoms with Gasteiger partial charge in [-0.2, -0.15) is 0 Å². The minimum Gasteiger partial charge on any atom is -0.456 e. The van der Waals surface area contributed by atoms with Gasteiger partial charge < -0.3 is 8.83 Å². The maximum absolute atomic E-state index is 6.51. The van der Waals surface area contributed by atoms with Gasteiger partial charge in [-0.05, 0) is 83.8 Å². The Labute approximate surface area is 304 Å². The van der Waals surface area contributed by atoms with E-state index in [1.54, 1.807) is 6.08 Å². The van der Waals surface area contributed by atoms with E-state index < -0.39 is 0 Å². The Morgan fingerprint density at radius 3 is 1.90 bits per heavy atom. The number of hydrogen-bond donors (Lipinski definition) is 0. The van der Waals surface area contributed by atoms with Crippen LogP contribution < -0.4 is 0 Å². The zero-order valence-corrected chi connectivity index (χ0v) is 28.9. The number of para-hydroxylation sites is 2. The fraction of sp³-hybridized carbons (Fsp3) is 0.0217. The molecule has 0 aliphatic rings. The van der Waals surface area contributed by atoms with Gasteiger partial charge in [0.15, 0.2) is 23.1 Å². The van der Waals surface area contributed by atoms with Crippen molar-refractivity contribution in [2.24, 2.45) is 0 Å². The van der Waals surface area contributed by atoms with Gasteiger partial charge in [-0.15, -0.1) is 0 Å². The molecule has 6 heteroatoms. The van der Waals surface area contributed by atoms with Gasteiger partial charge in [0.1, 0.15) is 16.7 Å². The Bertz CT molecular complexity index is 2900. The normalized spacial score (nSPS) is 12.2. The minimum atomic E-state index is 0.514. The van der Waals surface area contributed by atoms with Crippen LogP contribution >= 0.6 is 11.6 Å². The molecular weight excluding hydrogens is 662 g/mol. The topological polar surface area (TPSA) is 65.0 Å². The molecule has 0 atom stereocenters. The third kappa shape index (κ3) is 5.58. The molecule has 0 radical (unpaired) electrons. The van der Waals surface area contributed by atoms with Gasteiger partial charge in [0.25, 0.3) is 0 Å². The first kappa shape index (κ1) is 31.4. The van der Waals surface area contributed by atoms with E-state index in [2.05, 4.69) is 55.1 Å².